The Kier molecular flexibility index (Phi) is 4.95. The molecule has 0 spiro atoms. The van der Waals surface area contributed by atoms with Gasteiger partial charge in [0.1, 0.15) is 0 Å². The highest BCUT2D eigenvalue weighted by molar-refractivity contribution is 6.05. The number of fused-ring (bicyclic) bond motifs is 1. The summed E-state index contributed by atoms with van der Waals surface area (Å²) in [5.41, 5.74) is 10.8. The molecule has 6 nitrogen and oxygen atoms in total. The molecule has 0 aliphatic carbocycles. The van der Waals surface area contributed by atoms with Crippen LogP contribution in [0.25, 0.3) is 11.1 Å². The average Bonchev–Trinajstić information content (AvgIpc) is 2.96. The topological polar surface area (TPSA) is 99.2 Å². The van der Waals surface area contributed by atoms with Crippen molar-refractivity contribution in [1.29, 1.82) is 5.26 Å². The Balaban J connectivity index is 2.02. The van der Waals surface area contributed by atoms with E-state index in [4.69, 9.17) is 11.0 Å². The standard InChI is InChI=1S/C21H20N4O2/c1-3-14(10-22)11-25-12-18-17(7-8-19(23)20(18)21(25)27)15-5-4-6-16(9-15)24-13(2)26/h3-9H,11-12,23H2,1-2H3,(H,24,26)/b14-3+. The highest BCUT2D eigenvalue weighted by Gasteiger charge is 2.32. The van der Waals surface area contributed by atoms with Crippen LogP contribution in [-0.2, 0) is 11.3 Å². The van der Waals surface area contributed by atoms with Crippen LogP contribution in [0.2, 0.25) is 0 Å². The number of carbonyl (C=O) groups is 2. The summed E-state index contributed by atoms with van der Waals surface area (Å²) in [6, 6.07) is 13.2. The number of hydrogen-bond donors (Lipinski definition) is 2. The van der Waals surface area contributed by atoms with Crippen LogP contribution in [0.4, 0.5) is 11.4 Å². The first-order valence-electron chi connectivity index (χ1n) is 8.58. The molecule has 1 aliphatic rings. The molecule has 0 atom stereocenters. The number of hydrogen-bond acceptors (Lipinski definition) is 4. The molecule has 3 N–H and O–H groups in total. The highest BCUT2D eigenvalue weighted by Crippen LogP contribution is 2.37. The summed E-state index contributed by atoms with van der Waals surface area (Å²) in [4.78, 5) is 25.8. The third-order valence-corrected chi connectivity index (χ3v) is 4.54. The van der Waals surface area contributed by atoms with Crippen LogP contribution in [0, 0.1) is 11.3 Å². The smallest absolute Gasteiger partial charge is 0.256 e. The van der Waals surface area contributed by atoms with Gasteiger partial charge in [0.25, 0.3) is 5.91 Å². The van der Waals surface area contributed by atoms with E-state index in [0.29, 0.717) is 29.1 Å². The second-order valence-corrected chi connectivity index (χ2v) is 6.40. The third-order valence-electron chi connectivity index (χ3n) is 4.54. The number of benzene rings is 2. The molecule has 2 aromatic rings. The molecule has 2 amide bonds. The van der Waals surface area contributed by atoms with Crippen molar-refractivity contribution in [2.45, 2.75) is 20.4 Å². The number of nitrogens with two attached hydrogens (primary N) is 1. The minimum Gasteiger partial charge on any atom is -0.398 e. The van der Waals surface area contributed by atoms with Crippen molar-refractivity contribution in [2.24, 2.45) is 0 Å². The fourth-order valence-corrected chi connectivity index (χ4v) is 3.27. The van der Waals surface area contributed by atoms with Gasteiger partial charge in [0.15, 0.2) is 0 Å². The summed E-state index contributed by atoms with van der Waals surface area (Å²) in [7, 11) is 0. The summed E-state index contributed by atoms with van der Waals surface area (Å²) in [5.74, 6) is -0.316. The Hall–Kier alpha value is -3.59. The maximum Gasteiger partial charge on any atom is 0.256 e. The largest absolute Gasteiger partial charge is 0.398 e. The van der Waals surface area contributed by atoms with Gasteiger partial charge in [-0.2, -0.15) is 5.26 Å². The van der Waals surface area contributed by atoms with Gasteiger partial charge < -0.3 is 16.0 Å². The first-order chi connectivity index (χ1) is 12.9. The Morgan fingerprint density at radius 1 is 1.37 bits per heavy atom. The SMILES string of the molecule is C/C=C(\C#N)CN1Cc2c(-c3cccc(NC(C)=O)c3)ccc(N)c2C1=O. The normalized spacial score (nSPS) is 13.3. The van der Waals surface area contributed by atoms with Crippen LogP contribution >= 0.6 is 0 Å². The minimum atomic E-state index is -0.169. The number of nitrogen functional groups attached to an aromatic ring is 1. The number of rotatable bonds is 4. The predicted molar refractivity (Wildman–Crippen MR) is 105 cm³/mol. The van der Waals surface area contributed by atoms with Gasteiger partial charge in [-0.15, -0.1) is 0 Å². The van der Waals surface area contributed by atoms with E-state index in [2.05, 4.69) is 11.4 Å². The zero-order valence-corrected chi connectivity index (χ0v) is 15.2. The fourth-order valence-electron chi connectivity index (χ4n) is 3.27. The van der Waals surface area contributed by atoms with Gasteiger partial charge in [0.05, 0.1) is 18.2 Å². The number of carbonyl (C=O) groups excluding carboxylic acids is 2. The van der Waals surface area contributed by atoms with Gasteiger partial charge in [0, 0.05) is 30.4 Å². The molecule has 0 radical (unpaired) electrons. The second-order valence-electron chi connectivity index (χ2n) is 6.40. The van der Waals surface area contributed by atoms with Crippen LogP contribution in [0.3, 0.4) is 0 Å². The lowest BCUT2D eigenvalue weighted by molar-refractivity contribution is -0.114. The molecule has 0 fully saturated rings. The molecule has 27 heavy (non-hydrogen) atoms. The van der Waals surface area contributed by atoms with Crippen molar-refractivity contribution < 1.29 is 9.59 Å². The molecule has 136 valence electrons. The Morgan fingerprint density at radius 3 is 2.81 bits per heavy atom. The molecule has 1 aliphatic heterocycles. The van der Waals surface area contributed by atoms with Crippen LogP contribution < -0.4 is 11.1 Å². The monoisotopic (exact) mass is 360 g/mol. The number of nitrogens with zero attached hydrogens (tertiary/aromatic N) is 2. The molecule has 0 aromatic heterocycles. The van der Waals surface area contributed by atoms with Crippen LogP contribution in [0.15, 0.2) is 48.0 Å². The van der Waals surface area contributed by atoms with Gasteiger partial charge in [-0.05, 0) is 41.8 Å². The summed E-state index contributed by atoms with van der Waals surface area (Å²) in [5, 5.41) is 11.9. The molecular weight excluding hydrogens is 340 g/mol. The molecule has 0 saturated heterocycles. The van der Waals surface area contributed by atoms with Gasteiger partial charge in [-0.3, -0.25) is 9.59 Å². The first-order valence-corrected chi connectivity index (χ1v) is 8.58. The fraction of sp³-hybridized carbons (Fsp3) is 0.190. The van der Waals surface area contributed by atoms with Gasteiger partial charge in [-0.25, -0.2) is 0 Å². The number of nitriles is 1. The molecular formula is C21H20N4O2. The van der Waals surface area contributed by atoms with E-state index in [1.807, 2.05) is 30.3 Å². The van der Waals surface area contributed by atoms with Gasteiger partial charge in [-0.1, -0.05) is 24.3 Å². The van der Waals surface area contributed by atoms with Gasteiger partial charge in [0.2, 0.25) is 5.91 Å². The average molecular weight is 360 g/mol. The Morgan fingerprint density at radius 2 is 2.15 bits per heavy atom. The number of allylic oxidation sites excluding steroid dienone is 1. The molecule has 0 unspecified atom stereocenters. The van der Waals surface area contributed by atoms with Crippen LogP contribution in [0.5, 0.6) is 0 Å². The Labute approximate surface area is 157 Å². The van der Waals surface area contributed by atoms with Crippen molar-refractivity contribution in [2.75, 3.05) is 17.6 Å². The third kappa shape index (κ3) is 3.53. The quantitative estimate of drug-likeness (QED) is 0.645. The lowest BCUT2D eigenvalue weighted by atomic mass is 9.95. The number of amides is 2. The molecule has 2 aromatic carbocycles. The van der Waals surface area contributed by atoms with Crippen molar-refractivity contribution >= 4 is 23.2 Å². The Bertz CT molecular complexity index is 1000. The van der Waals surface area contributed by atoms with Crippen LogP contribution in [0.1, 0.15) is 29.8 Å². The van der Waals surface area contributed by atoms with Crippen molar-refractivity contribution in [3.63, 3.8) is 0 Å². The molecule has 6 heteroatoms. The summed E-state index contributed by atoms with van der Waals surface area (Å²) < 4.78 is 0. The van der Waals surface area contributed by atoms with Crippen LogP contribution in [-0.4, -0.2) is 23.3 Å². The maximum atomic E-state index is 12.8. The molecule has 0 saturated carbocycles. The van der Waals surface area contributed by atoms with Crippen molar-refractivity contribution in [3.05, 3.63) is 59.2 Å². The summed E-state index contributed by atoms with van der Waals surface area (Å²) in [6.45, 7) is 3.88. The zero-order chi connectivity index (χ0) is 19.6. The van der Waals surface area contributed by atoms with Gasteiger partial charge >= 0.3 is 0 Å². The van der Waals surface area contributed by atoms with E-state index in [-0.39, 0.29) is 18.4 Å². The van der Waals surface area contributed by atoms with E-state index >= 15 is 0 Å². The van der Waals surface area contributed by atoms with E-state index in [1.54, 1.807) is 24.0 Å². The van der Waals surface area contributed by atoms with Crippen molar-refractivity contribution in [3.8, 4) is 17.2 Å². The summed E-state index contributed by atoms with van der Waals surface area (Å²) in [6.07, 6.45) is 1.71. The number of anilines is 2. The first kappa shape index (κ1) is 18.2. The lowest BCUT2D eigenvalue weighted by Gasteiger charge is -2.15. The summed E-state index contributed by atoms with van der Waals surface area (Å²) >= 11 is 0. The maximum absolute atomic E-state index is 12.8. The van der Waals surface area contributed by atoms with E-state index in [9.17, 15) is 9.59 Å². The second kappa shape index (κ2) is 7.34. The lowest BCUT2D eigenvalue weighted by Crippen LogP contribution is -2.26. The van der Waals surface area contributed by atoms with E-state index in [1.165, 1.54) is 6.92 Å². The molecule has 3 rings (SSSR count). The molecule has 0 bridgehead atoms. The van der Waals surface area contributed by atoms with E-state index < -0.39 is 0 Å². The highest BCUT2D eigenvalue weighted by atomic mass is 16.2. The van der Waals surface area contributed by atoms with E-state index in [0.717, 1.165) is 16.7 Å². The van der Waals surface area contributed by atoms with Crippen molar-refractivity contribution in [1.82, 2.24) is 4.90 Å². The predicted octanol–water partition coefficient (Wildman–Crippen LogP) is 3.32. The zero-order valence-electron chi connectivity index (χ0n) is 15.2. The molecule has 1 heterocycles. The number of nitrogens with one attached hydrogen (secondary N) is 1. The minimum absolute atomic E-state index is 0.147.